The van der Waals surface area contributed by atoms with Gasteiger partial charge in [-0.2, -0.15) is 0 Å². The van der Waals surface area contributed by atoms with Crippen LogP contribution < -0.4 is 5.32 Å². The fraction of sp³-hybridized carbons (Fsp3) is 1.00. The Morgan fingerprint density at radius 2 is 2.50 bits per heavy atom. The van der Waals surface area contributed by atoms with Crippen LogP contribution >= 0.6 is 0 Å². The molecule has 0 aromatic heterocycles. The molecule has 2 nitrogen and oxygen atoms in total. The van der Waals surface area contributed by atoms with E-state index in [0.717, 1.165) is 19.6 Å². The van der Waals surface area contributed by atoms with Gasteiger partial charge in [0.15, 0.2) is 7.98 Å². The molecule has 0 amide bonds. The molecule has 0 aliphatic carbocycles. The zero-order valence-electron chi connectivity index (χ0n) is 5.22. The fourth-order valence-electron chi connectivity index (χ4n) is 0.962. The molecule has 1 saturated heterocycles. The Labute approximate surface area is 51.7 Å². The lowest BCUT2D eigenvalue weighted by Crippen LogP contribution is -2.47. The monoisotopic (exact) mass is 110 g/mol. The van der Waals surface area contributed by atoms with Crippen LogP contribution in [0.2, 0.25) is 0 Å². The third-order valence-corrected chi connectivity index (χ3v) is 1.40. The summed E-state index contributed by atoms with van der Waals surface area (Å²) in [6.45, 7) is 5.11. The van der Waals surface area contributed by atoms with Gasteiger partial charge in [0.05, 0.1) is 0 Å². The van der Waals surface area contributed by atoms with E-state index < -0.39 is 0 Å². The largest absolute Gasteiger partial charge is 0.351 e. The van der Waals surface area contributed by atoms with E-state index in [9.17, 15) is 0 Å². The summed E-state index contributed by atoms with van der Waals surface area (Å²) < 4.78 is 0. The molecular weight excluding hydrogens is 98.9 g/mol. The van der Waals surface area contributed by atoms with Crippen LogP contribution in [-0.2, 0) is 0 Å². The van der Waals surface area contributed by atoms with Crippen LogP contribution in [-0.4, -0.2) is 38.5 Å². The van der Waals surface area contributed by atoms with Crippen LogP contribution in [0.3, 0.4) is 0 Å². The molecule has 0 bridgehead atoms. The Hall–Kier alpha value is -0.0151. The van der Waals surface area contributed by atoms with Crippen molar-refractivity contribution in [3.8, 4) is 0 Å². The van der Waals surface area contributed by atoms with Crippen molar-refractivity contribution < 1.29 is 0 Å². The first-order chi connectivity index (χ1) is 3.79. The van der Waals surface area contributed by atoms with Gasteiger partial charge in [0.25, 0.3) is 0 Å². The number of hydrogen-bond donors (Lipinski definition) is 1. The molecule has 1 rings (SSSR count). The van der Waals surface area contributed by atoms with Crippen LogP contribution in [0.15, 0.2) is 0 Å². The molecule has 1 aliphatic heterocycles. The first-order valence-electron chi connectivity index (χ1n) is 3.02. The maximum Gasteiger partial charge on any atom is 0.182 e. The quantitative estimate of drug-likeness (QED) is 0.417. The van der Waals surface area contributed by atoms with Gasteiger partial charge < -0.3 is 10.1 Å². The molecule has 0 aromatic carbocycles. The summed E-state index contributed by atoms with van der Waals surface area (Å²) in [6.07, 6.45) is 0. The van der Waals surface area contributed by atoms with Crippen LogP contribution in [0, 0.1) is 0 Å². The lowest BCUT2D eigenvalue weighted by atomic mass is 10.2. The molecule has 3 heteroatoms. The predicted octanol–water partition coefficient (Wildman–Crippen LogP) is -0.636. The van der Waals surface area contributed by atoms with E-state index in [1.807, 2.05) is 4.81 Å². The van der Waals surface area contributed by atoms with E-state index in [4.69, 9.17) is 7.98 Å². The van der Waals surface area contributed by atoms with Crippen LogP contribution in [0.4, 0.5) is 0 Å². The second kappa shape index (κ2) is 2.51. The summed E-state index contributed by atoms with van der Waals surface area (Å²) >= 11 is 0. The van der Waals surface area contributed by atoms with Crippen molar-refractivity contribution >= 4 is 7.98 Å². The molecule has 0 spiro atoms. The second-order valence-electron chi connectivity index (χ2n) is 2.35. The maximum absolute atomic E-state index is 5.52. The molecule has 1 aliphatic rings. The van der Waals surface area contributed by atoms with Crippen molar-refractivity contribution in [1.29, 1.82) is 0 Å². The Morgan fingerprint density at radius 1 is 1.75 bits per heavy atom. The lowest BCUT2D eigenvalue weighted by Gasteiger charge is -2.28. The highest BCUT2D eigenvalue weighted by Crippen LogP contribution is 1.91. The van der Waals surface area contributed by atoms with Gasteiger partial charge in [0.1, 0.15) is 0 Å². The summed E-state index contributed by atoms with van der Waals surface area (Å²) in [5.41, 5.74) is 0. The van der Waals surface area contributed by atoms with E-state index in [-0.39, 0.29) is 0 Å². The fourth-order valence-corrected chi connectivity index (χ4v) is 0.962. The SMILES string of the molecule is [B]N1CCN[C@@H](C)C1. The minimum Gasteiger partial charge on any atom is -0.351 e. The molecule has 0 saturated carbocycles. The van der Waals surface area contributed by atoms with Gasteiger partial charge in [-0.15, -0.1) is 0 Å². The zero-order chi connectivity index (χ0) is 5.98. The number of hydrogen-bond acceptors (Lipinski definition) is 2. The molecular formula is C5H11BN2. The number of rotatable bonds is 0. The van der Waals surface area contributed by atoms with Gasteiger partial charge in [-0.3, -0.25) is 0 Å². The summed E-state index contributed by atoms with van der Waals surface area (Å²) in [5, 5.41) is 3.29. The lowest BCUT2D eigenvalue weighted by molar-refractivity contribution is 0.324. The first-order valence-corrected chi connectivity index (χ1v) is 3.02. The normalized spacial score (nSPS) is 32.9. The average molecular weight is 110 g/mol. The first kappa shape index (κ1) is 6.11. The van der Waals surface area contributed by atoms with E-state index >= 15 is 0 Å². The van der Waals surface area contributed by atoms with Gasteiger partial charge in [-0.1, -0.05) is 0 Å². The van der Waals surface area contributed by atoms with E-state index in [1.165, 1.54) is 0 Å². The summed E-state index contributed by atoms with van der Waals surface area (Å²) in [5.74, 6) is 0. The van der Waals surface area contributed by atoms with Gasteiger partial charge in [0, 0.05) is 19.1 Å². The average Bonchev–Trinajstić information content (AvgIpc) is 1.64. The highest BCUT2D eigenvalue weighted by atomic mass is 15.1. The van der Waals surface area contributed by atoms with Gasteiger partial charge in [-0.05, 0) is 13.5 Å². The van der Waals surface area contributed by atoms with Gasteiger partial charge in [-0.25, -0.2) is 0 Å². The molecule has 8 heavy (non-hydrogen) atoms. The smallest absolute Gasteiger partial charge is 0.182 e. The van der Waals surface area contributed by atoms with Crippen molar-refractivity contribution in [2.24, 2.45) is 0 Å². The van der Waals surface area contributed by atoms with Crippen molar-refractivity contribution in [2.75, 3.05) is 19.6 Å². The van der Waals surface area contributed by atoms with Crippen LogP contribution in [0.5, 0.6) is 0 Å². The molecule has 1 N–H and O–H groups in total. The third-order valence-electron chi connectivity index (χ3n) is 1.40. The van der Waals surface area contributed by atoms with Crippen LogP contribution in [0.1, 0.15) is 6.92 Å². The number of nitrogens with zero attached hydrogens (tertiary/aromatic N) is 1. The van der Waals surface area contributed by atoms with Crippen molar-refractivity contribution in [3.63, 3.8) is 0 Å². The third kappa shape index (κ3) is 1.49. The highest BCUT2D eigenvalue weighted by Gasteiger charge is 2.09. The number of piperazine rings is 1. The summed E-state index contributed by atoms with van der Waals surface area (Å²) in [7, 11) is 5.52. The standard InChI is InChI=1S/C5H11BN2/c1-5-4-8(6)3-2-7-5/h5,7H,2-4H2,1H3/t5-/m0/s1. The van der Waals surface area contributed by atoms with E-state index in [2.05, 4.69) is 12.2 Å². The second-order valence-corrected chi connectivity index (χ2v) is 2.35. The molecule has 1 heterocycles. The molecule has 0 aromatic rings. The highest BCUT2D eigenvalue weighted by molar-refractivity contribution is 6.04. The molecule has 2 radical (unpaired) electrons. The van der Waals surface area contributed by atoms with Crippen molar-refractivity contribution in [2.45, 2.75) is 13.0 Å². The Balaban J connectivity index is 2.23. The van der Waals surface area contributed by atoms with E-state index in [0.29, 0.717) is 6.04 Å². The Morgan fingerprint density at radius 3 is 2.88 bits per heavy atom. The molecule has 1 atom stereocenters. The number of nitrogens with one attached hydrogen (secondary N) is 1. The topological polar surface area (TPSA) is 15.3 Å². The predicted molar refractivity (Wildman–Crippen MR) is 34.8 cm³/mol. The molecule has 0 unspecified atom stereocenters. The van der Waals surface area contributed by atoms with Crippen molar-refractivity contribution in [1.82, 2.24) is 10.1 Å². The summed E-state index contributed by atoms with van der Waals surface area (Å²) in [6, 6.07) is 0.564. The minimum absolute atomic E-state index is 0.564. The Bertz CT molecular complexity index is 68.8. The summed E-state index contributed by atoms with van der Waals surface area (Å²) in [4.78, 5) is 1.85. The maximum atomic E-state index is 5.52. The van der Waals surface area contributed by atoms with Crippen molar-refractivity contribution in [3.05, 3.63) is 0 Å². The minimum atomic E-state index is 0.564. The molecule has 44 valence electrons. The zero-order valence-corrected chi connectivity index (χ0v) is 5.22. The van der Waals surface area contributed by atoms with E-state index in [1.54, 1.807) is 0 Å². The van der Waals surface area contributed by atoms with Gasteiger partial charge >= 0.3 is 0 Å². The molecule has 1 fully saturated rings. The van der Waals surface area contributed by atoms with Crippen LogP contribution in [0.25, 0.3) is 0 Å². The Kier molecular flexibility index (Phi) is 1.92. The van der Waals surface area contributed by atoms with Gasteiger partial charge in [0.2, 0.25) is 0 Å².